The molecule has 1 aromatic heterocycles. The first-order valence-corrected chi connectivity index (χ1v) is 11.0. The minimum Gasteiger partial charge on any atom is -0.300 e. The molecule has 1 heterocycles. The third kappa shape index (κ3) is 3.10. The summed E-state index contributed by atoms with van der Waals surface area (Å²) in [6, 6.07) is 18.8. The van der Waals surface area contributed by atoms with Gasteiger partial charge in [-0.2, -0.15) is 5.26 Å². The summed E-state index contributed by atoms with van der Waals surface area (Å²) >= 11 is 0. The number of hydrogen-bond donors (Lipinski definition) is 0. The van der Waals surface area contributed by atoms with Gasteiger partial charge in [-0.3, -0.25) is 4.79 Å². The average Bonchev–Trinajstić information content (AvgIpc) is 1.54. The van der Waals surface area contributed by atoms with E-state index >= 15 is 0 Å². The second-order valence-electron chi connectivity index (χ2n) is 9.05. The largest absolute Gasteiger partial charge is 0.300 e. The molecule has 2 aromatic carbocycles. The third-order valence-corrected chi connectivity index (χ3v) is 7.13. The zero-order chi connectivity index (χ0) is 162. The van der Waals surface area contributed by atoms with Gasteiger partial charge < -0.3 is 4.57 Å². The van der Waals surface area contributed by atoms with Crippen LogP contribution in [0.2, 0.25) is 0 Å². The molecule has 0 radical (unpaired) electrons. The van der Waals surface area contributed by atoms with E-state index in [0.29, 0.717) is 6.42 Å². The fourth-order valence-electron chi connectivity index (χ4n) is 5.58. The maximum Gasteiger partial charge on any atom is 0.176 e. The minimum atomic E-state index is -0.518. The van der Waals surface area contributed by atoms with Crippen LogP contribution in [0.3, 0.4) is 0 Å². The van der Waals surface area contributed by atoms with E-state index in [0.717, 1.165) is 41.3 Å². The van der Waals surface area contributed by atoms with Crippen LogP contribution >= 0.6 is 0 Å². The van der Waals surface area contributed by atoms with Crippen molar-refractivity contribution in [2.75, 3.05) is 0 Å². The van der Waals surface area contributed by atoms with Crippen molar-refractivity contribution in [1.82, 2.24) is 9.55 Å². The van der Waals surface area contributed by atoms with E-state index in [2.05, 4.69) is 29.7 Å². The number of aromatic nitrogens is 2. The molecule has 0 unspecified atom stereocenters. The molecular formula is C27H164FN3O. The van der Waals surface area contributed by atoms with E-state index < -0.39 is 5.41 Å². The number of nitriles is 1. The molecule has 0 amide bonds. The Balaban J connectivity index is -0.0000000111. The van der Waals surface area contributed by atoms with Gasteiger partial charge in [-0.25, -0.2) is 9.37 Å². The molecule has 5 heteroatoms. The number of carbonyl (C=O) groups excluding carboxylic acids is 1. The molecule has 4 nitrogen and oxygen atoms in total. The van der Waals surface area contributed by atoms with Crippen molar-refractivity contribution in [2.45, 2.75) is 38.5 Å². The Labute approximate surface area is 403 Å². The Hall–Kier alpha value is -3.52. The molecule has 300 valence electrons. The SMILES string of the molecule is C[C@H]1C(=O)C(C#N)=C[C@@]2(C)c3nc(Cc4ccccc4)n(-c4cccc(F)c4)c3CC[C@H]12.[3H][3H].[3H][3H].[3H][3H].[3H][3H].[3H][3H].[3H][3H].[3H][3H].[3H][3H].[3H][3H].[3H][3H].[3H][3H].[3H][3H].[3H][3H].[3H][3H].[3H][3H].[3H][3H].[3H][3H].[3H][3H].[3H][3H].[3H][3H].[3H][3H].[3H][3H].[3H][3H].[3H][3H].[3H][3H].[3H][3H].[3H][3H].[3H][3H].[3H][3H].[3H][3H].[3H][3H].[3H][3H].[3H][3H].[3H][3H].[3H][3H].[3H][3H].[3H][3H].[3H][3H].[3H][3H].[3H][3H].[3H][3H].[3H][3H].[3H][3H].[3H][3H].[3H][3H].[3H][3H].[3H][3H].[3H][3H].[3H][3H].[3H][3H].[3H][3H].[3H][3H].[3H][3H].[3H][3H].[3H][3H].[3H][3H].[3H][3H].[3H][3H].[3H][3H].[3H][3H].[3H][3H].[3H][3H].[3H][3H].[3H][3H].[3H][3H].[3H][3H].[3H][3H].[3H][3H].[3H][3H].[3H][3H]. The lowest BCUT2D eigenvalue weighted by atomic mass is 9.58. The van der Waals surface area contributed by atoms with Crippen LogP contribution in [0.15, 0.2) is 66.2 Å². The van der Waals surface area contributed by atoms with Crippen LogP contribution in [0.5, 0.6) is 0 Å². The molecule has 0 aliphatic heterocycles. The highest BCUT2D eigenvalue weighted by Gasteiger charge is 2.50. The number of ketones is 1. The molecular weight excluding hydrogens is 401 g/mol. The van der Waals surface area contributed by atoms with Crippen molar-refractivity contribution in [1.29, 1.82) is 5.26 Å². The predicted octanol–water partition coefficient (Wildman–Crippen LogP) is 22.3. The lowest BCUT2D eigenvalue weighted by Crippen LogP contribution is -2.45. The summed E-state index contributed by atoms with van der Waals surface area (Å²) in [7, 11) is 0. The van der Waals surface area contributed by atoms with Crippen LogP contribution in [0.25, 0.3) is 5.69 Å². The summed E-state index contributed by atoms with van der Waals surface area (Å²) in [5.74, 6) is 0.321. The topological polar surface area (TPSA) is 58.7 Å². The summed E-state index contributed by atoms with van der Waals surface area (Å²) in [6.45, 7) is 4.01. The van der Waals surface area contributed by atoms with Crippen LogP contribution in [0.4, 0.5) is 4.39 Å². The molecule has 3 aromatic rings. The number of nitrogens with zero attached hydrogens (tertiary/aromatic N) is 3. The molecule has 0 saturated carbocycles. The first kappa shape index (κ1) is 2.05. The molecule has 0 N–H and O–H groups in total. The van der Waals surface area contributed by atoms with E-state index in [1.807, 2.05) is 37.3 Å². The number of carbonyl (C=O) groups is 1. The highest BCUT2D eigenvalue weighted by molar-refractivity contribution is 6.02. The van der Waals surface area contributed by atoms with E-state index in [1.54, 1.807) is 6.07 Å². The van der Waals surface area contributed by atoms with E-state index in [-0.39, 0.29) is 29.0 Å². The van der Waals surface area contributed by atoms with Gasteiger partial charge in [-0.05, 0) is 42.5 Å². The fraction of sp³-hybridized carbons (Fsp3) is 0.296. The fourth-order valence-corrected chi connectivity index (χ4v) is 5.58. The minimum absolute atomic E-state index is 0.0764. The predicted molar refractivity (Wildman–Crippen MR) is 268 cm³/mol. The number of rotatable bonds is 3. The molecule has 5 rings (SSSR count). The maximum absolute atomic E-state index is 14.2. The summed E-state index contributed by atoms with van der Waals surface area (Å²) in [6.07, 6.45) is 4.00. The van der Waals surface area contributed by atoms with Gasteiger partial charge in [0.2, 0.25) is 0 Å². The second-order valence-corrected chi connectivity index (χ2v) is 9.05. The number of halogens is 1. The molecule has 0 bridgehead atoms. The van der Waals surface area contributed by atoms with Crippen LogP contribution in [0, 0.1) is 29.0 Å². The number of fused-ring (bicyclic) bond motifs is 3. The van der Waals surface area contributed by atoms with Gasteiger partial charge in [0.25, 0.3) is 0 Å². The zero-order valence-corrected chi connectivity index (χ0v) is 18.2. The highest BCUT2D eigenvalue weighted by atomic mass is 19.1. The quantitative estimate of drug-likeness (QED) is 0.264. The zero-order valence-electron chi connectivity index (χ0n) is 158. The average molecular weight is 848 g/mol. The summed E-state index contributed by atoms with van der Waals surface area (Å²) in [5, 5.41) is 9.59. The normalized spacial score (nSPS) is 41.8. The third-order valence-electron chi connectivity index (χ3n) is 7.13. The van der Waals surface area contributed by atoms with Crippen LogP contribution in [0.1, 0.15) is 251 Å². The Morgan fingerprint density at radius 2 is 2.06 bits per heavy atom. The van der Waals surface area contributed by atoms with Crippen molar-refractivity contribution in [3.63, 3.8) is 0 Å². The Bertz CT molecular complexity index is 1400. The summed E-state index contributed by atoms with van der Waals surface area (Å²) in [5.41, 5.74) is 3.50. The van der Waals surface area contributed by atoms with Gasteiger partial charge in [0.15, 0.2) is 5.78 Å². The smallest absolute Gasteiger partial charge is 0.176 e. The van der Waals surface area contributed by atoms with Crippen molar-refractivity contribution in [3.8, 4) is 11.8 Å². The second kappa shape index (κ2) is 7.56. The van der Waals surface area contributed by atoms with Gasteiger partial charge >= 0.3 is 0 Å². The summed E-state index contributed by atoms with van der Waals surface area (Å²) < 4.78 is 716. The molecule has 32 heavy (non-hydrogen) atoms. The number of imidazole rings is 1. The Kier molecular flexibility index (Phi) is 0.484. The lowest BCUT2D eigenvalue weighted by molar-refractivity contribution is -0.121. The van der Waals surface area contributed by atoms with Crippen LogP contribution < -0.4 is 0 Å². The lowest BCUT2D eigenvalue weighted by Gasteiger charge is -2.44. The van der Waals surface area contributed by atoms with Gasteiger partial charge in [0.05, 0.1) is 11.3 Å². The monoisotopic (exact) mass is 847 g/mol. The van der Waals surface area contributed by atoms with Crippen LogP contribution in [-0.4, -0.2) is 15.3 Å². The molecule has 3 atom stereocenters. The maximum atomic E-state index is 14.2. The highest BCUT2D eigenvalue weighted by Crippen LogP contribution is 2.50. The van der Waals surface area contributed by atoms with E-state index in [1.165, 1.54) is 12.1 Å². The number of hydrogen-bond acceptors (Lipinski definition) is 3. The van der Waals surface area contributed by atoms with Gasteiger partial charge in [0.1, 0.15) is 17.7 Å². The van der Waals surface area contributed by atoms with Gasteiger partial charge in [-0.15, -0.1) is 0 Å². The van der Waals surface area contributed by atoms with Crippen LogP contribution in [-0.2, 0) is 23.1 Å². The number of Topliss-reactive ketones (excluding diaryl/α,β-unsaturated/α-hetero) is 1. The van der Waals surface area contributed by atoms with Crippen molar-refractivity contribution in [2.24, 2.45) is 11.8 Å². The Morgan fingerprint density at radius 1 is 1.28 bits per heavy atom. The standard InChI is InChI=1S/C27H24FN3O.70H2/c1-17-22-11-12-23-26(27(22,2)15-19(16-29)25(17)32)30-24(13-18-7-4-3-5-8-18)31(23)21-10-6-9-20(28)14-21;;;;;;;;;;;;;;;;;;;;;;;;;;;;;;;;;;;;;;;;;;;;;;;;;;;;;;;;;;;;;;;;;;;;;;/h3-10,14-15,17,22H,11-13H2,1-2H3;70*1H/t17-,22-,27-;;;;;;;;;;;;;;;;;;;;;;;;;;;;;;;;;;;;;;;;;;;;;;;;;;;;;;;;;;;;;;;;;;;;;;/m1....................................................................../s1/i;70*1+2T. The van der Waals surface area contributed by atoms with E-state index in [9.17, 15) is 14.4 Å². The van der Waals surface area contributed by atoms with Gasteiger partial charge in [0, 0.05) is 237 Å². The molecule has 0 saturated heterocycles. The summed E-state index contributed by atoms with van der Waals surface area (Å²) in [4.78, 5) is 17.8. The number of benzene rings is 2. The van der Waals surface area contributed by atoms with Crippen molar-refractivity contribution >= 4 is 5.78 Å². The molecule has 2 aliphatic carbocycles. The first-order chi connectivity index (χ1) is 85.4. The molecule has 0 fully saturated rings. The molecule has 0 spiro atoms. The molecule has 2 aliphatic rings. The van der Waals surface area contributed by atoms with E-state index in [4.69, 9.17) is 213 Å². The Morgan fingerprint density at radius 3 is 2.78 bits per heavy atom. The van der Waals surface area contributed by atoms with Gasteiger partial charge in [-0.1, -0.05) is 56.3 Å². The first-order valence-electron chi connectivity index (χ1n) is 81.0. The van der Waals surface area contributed by atoms with Crippen molar-refractivity contribution in [3.05, 3.63) is 94.8 Å². The number of allylic oxidation sites excluding steroid dienone is 2. The van der Waals surface area contributed by atoms with Crippen molar-refractivity contribution < 1.29 is 217 Å².